The molecular formula is C16H21F3N2O4. The summed E-state index contributed by atoms with van der Waals surface area (Å²) in [6.45, 7) is 1.77. The molecule has 0 spiro atoms. The van der Waals surface area contributed by atoms with Gasteiger partial charge in [0.2, 0.25) is 5.91 Å². The number of alkyl halides is 3. The van der Waals surface area contributed by atoms with Crippen LogP contribution in [-0.2, 0) is 4.79 Å². The zero-order valence-electron chi connectivity index (χ0n) is 14.4. The third-order valence-corrected chi connectivity index (χ3v) is 3.31. The highest BCUT2D eigenvalue weighted by molar-refractivity contribution is 5.98. The Balaban J connectivity index is 2.91. The Morgan fingerprint density at radius 1 is 1.08 bits per heavy atom. The van der Waals surface area contributed by atoms with Crippen LogP contribution in [0.15, 0.2) is 18.2 Å². The van der Waals surface area contributed by atoms with Crippen LogP contribution >= 0.6 is 0 Å². The Morgan fingerprint density at radius 2 is 1.60 bits per heavy atom. The molecule has 0 aromatic heterocycles. The van der Waals surface area contributed by atoms with Crippen LogP contribution in [-0.4, -0.2) is 44.8 Å². The van der Waals surface area contributed by atoms with Crippen molar-refractivity contribution in [2.45, 2.75) is 26.1 Å². The lowest BCUT2D eigenvalue weighted by atomic mass is 10.0. The number of carbonyl (C=O) groups excluding carboxylic acids is 2. The summed E-state index contributed by atoms with van der Waals surface area (Å²) in [5.41, 5.74) is 0.158. The summed E-state index contributed by atoms with van der Waals surface area (Å²) >= 11 is 0. The summed E-state index contributed by atoms with van der Waals surface area (Å²) in [6, 6.07) is 3.31. The lowest BCUT2D eigenvalue weighted by Gasteiger charge is -2.22. The SMILES string of the molecule is COc1cc(OC)cc(C(=O)NC(C(=O)NCC(F)(F)F)C(C)C)c1. The molecule has 0 heterocycles. The zero-order chi connectivity index (χ0) is 19.2. The molecule has 1 atom stereocenters. The molecule has 0 bridgehead atoms. The van der Waals surface area contributed by atoms with Crippen LogP contribution in [0, 0.1) is 5.92 Å². The molecule has 0 aliphatic rings. The standard InChI is InChI=1S/C16H21F3N2O4/c1-9(2)13(15(23)20-8-16(17,18)19)21-14(22)10-5-11(24-3)7-12(6-10)25-4/h5-7,9,13H,8H2,1-4H3,(H,20,23)(H,21,22). The molecule has 6 nitrogen and oxygen atoms in total. The average Bonchev–Trinajstić information content (AvgIpc) is 2.55. The maximum atomic E-state index is 12.4. The van der Waals surface area contributed by atoms with Gasteiger partial charge in [-0.15, -0.1) is 0 Å². The Labute approximate surface area is 143 Å². The second kappa shape index (κ2) is 8.59. The summed E-state index contributed by atoms with van der Waals surface area (Å²) in [7, 11) is 2.83. The zero-order valence-corrected chi connectivity index (χ0v) is 14.4. The fourth-order valence-corrected chi connectivity index (χ4v) is 2.00. The largest absolute Gasteiger partial charge is 0.497 e. The van der Waals surface area contributed by atoms with Gasteiger partial charge in [-0.25, -0.2) is 0 Å². The molecule has 1 rings (SSSR count). The van der Waals surface area contributed by atoms with E-state index in [1.54, 1.807) is 25.2 Å². The van der Waals surface area contributed by atoms with Crippen LogP contribution in [0.4, 0.5) is 13.2 Å². The second-order valence-electron chi connectivity index (χ2n) is 5.63. The number of nitrogens with one attached hydrogen (secondary N) is 2. The highest BCUT2D eigenvalue weighted by atomic mass is 19.4. The molecular weight excluding hydrogens is 341 g/mol. The average molecular weight is 362 g/mol. The maximum absolute atomic E-state index is 12.4. The Hall–Kier alpha value is -2.45. The molecule has 0 saturated carbocycles. The van der Waals surface area contributed by atoms with Gasteiger partial charge >= 0.3 is 6.18 Å². The maximum Gasteiger partial charge on any atom is 0.405 e. The summed E-state index contributed by atoms with van der Waals surface area (Å²) in [4.78, 5) is 24.3. The lowest BCUT2D eigenvalue weighted by molar-refractivity contribution is -0.140. The van der Waals surface area contributed by atoms with Gasteiger partial charge in [0.15, 0.2) is 0 Å². The molecule has 2 amide bonds. The van der Waals surface area contributed by atoms with Crippen molar-refractivity contribution in [3.05, 3.63) is 23.8 Å². The first-order valence-corrected chi connectivity index (χ1v) is 7.45. The molecule has 2 N–H and O–H groups in total. The third-order valence-electron chi connectivity index (χ3n) is 3.31. The summed E-state index contributed by atoms with van der Waals surface area (Å²) < 4.78 is 46.9. The van der Waals surface area contributed by atoms with E-state index in [1.807, 2.05) is 0 Å². The topological polar surface area (TPSA) is 76.7 Å². The number of hydrogen-bond donors (Lipinski definition) is 2. The van der Waals surface area contributed by atoms with E-state index in [-0.39, 0.29) is 5.56 Å². The smallest absolute Gasteiger partial charge is 0.405 e. The molecule has 9 heteroatoms. The van der Waals surface area contributed by atoms with Gasteiger partial charge in [-0.3, -0.25) is 9.59 Å². The minimum absolute atomic E-state index is 0.158. The number of halogens is 3. The van der Waals surface area contributed by atoms with Gasteiger partial charge in [0.25, 0.3) is 5.91 Å². The molecule has 25 heavy (non-hydrogen) atoms. The Morgan fingerprint density at radius 3 is 2.00 bits per heavy atom. The van der Waals surface area contributed by atoms with E-state index >= 15 is 0 Å². The van der Waals surface area contributed by atoms with Crippen molar-refractivity contribution in [1.29, 1.82) is 0 Å². The third kappa shape index (κ3) is 6.52. The Bertz CT molecular complexity index is 596. The number of ether oxygens (including phenoxy) is 2. The predicted molar refractivity (Wildman–Crippen MR) is 84.7 cm³/mol. The van der Waals surface area contributed by atoms with E-state index in [9.17, 15) is 22.8 Å². The summed E-state index contributed by atoms with van der Waals surface area (Å²) in [6.07, 6.45) is -4.53. The molecule has 0 fully saturated rings. The number of amides is 2. The molecule has 0 radical (unpaired) electrons. The van der Waals surface area contributed by atoms with Crippen LogP contribution in [0.5, 0.6) is 11.5 Å². The fourth-order valence-electron chi connectivity index (χ4n) is 2.00. The highest BCUT2D eigenvalue weighted by Crippen LogP contribution is 2.22. The van der Waals surface area contributed by atoms with Crippen molar-refractivity contribution >= 4 is 11.8 Å². The number of rotatable bonds is 7. The van der Waals surface area contributed by atoms with Gasteiger partial charge < -0.3 is 20.1 Å². The second-order valence-corrected chi connectivity index (χ2v) is 5.63. The molecule has 0 aliphatic carbocycles. The van der Waals surface area contributed by atoms with Crippen molar-refractivity contribution < 1.29 is 32.2 Å². The molecule has 1 aromatic rings. The minimum Gasteiger partial charge on any atom is -0.497 e. The molecule has 1 unspecified atom stereocenters. The first kappa shape index (κ1) is 20.6. The van der Waals surface area contributed by atoms with Gasteiger partial charge in [-0.2, -0.15) is 13.2 Å². The molecule has 140 valence electrons. The van der Waals surface area contributed by atoms with Gasteiger partial charge in [0, 0.05) is 11.6 Å². The van der Waals surface area contributed by atoms with E-state index in [0.717, 1.165) is 0 Å². The van der Waals surface area contributed by atoms with E-state index < -0.39 is 36.5 Å². The van der Waals surface area contributed by atoms with Crippen LogP contribution in [0.25, 0.3) is 0 Å². The van der Waals surface area contributed by atoms with Crippen LogP contribution in [0.3, 0.4) is 0 Å². The summed E-state index contributed by atoms with van der Waals surface area (Å²) in [5, 5.41) is 4.22. The monoisotopic (exact) mass is 362 g/mol. The molecule has 0 aliphatic heterocycles. The Kier molecular flexibility index (Phi) is 7.08. The number of hydrogen-bond acceptors (Lipinski definition) is 4. The van der Waals surface area contributed by atoms with Gasteiger partial charge in [-0.1, -0.05) is 13.8 Å². The van der Waals surface area contributed by atoms with Crippen molar-refractivity contribution in [2.24, 2.45) is 5.92 Å². The number of methoxy groups -OCH3 is 2. The quantitative estimate of drug-likeness (QED) is 0.779. The van der Waals surface area contributed by atoms with Crippen molar-refractivity contribution in [1.82, 2.24) is 10.6 Å². The van der Waals surface area contributed by atoms with Crippen molar-refractivity contribution in [3.8, 4) is 11.5 Å². The van der Waals surface area contributed by atoms with E-state index in [1.165, 1.54) is 26.4 Å². The molecule has 1 aromatic carbocycles. The van der Waals surface area contributed by atoms with E-state index in [2.05, 4.69) is 5.32 Å². The molecule has 0 saturated heterocycles. The van der Waals surface area contributed by atoms with Crippen molar-refractivity contribution in [2.75, 3.05) is 20.8 Å². The number of benzene rings is 1. The first-order valence-electron chi connectivity index (χ1n) is 7.45. The van der Waals surface area contributed by atoms with Crippen LogP contribution in [0.1, 0.15) is 24.2 Å². The van der Waals surface area contributed by atoms with Crippen molar-refractivity contribution in [3.63, 3.8) is 0 Å². The first-order chi connectivity index (χ1) is 11.6. The normalized spacial score (nSPS) is 12.5. The predicted octanol–water partition coefficient (Wildman–Crippen LogP) is 2.14. The lowest BCUT2D eigenvalue weighted by Crippen LogP contribution is -2.51. The van der Waals surface area contributed by atoms with Crippen LogP contribution < -0.4 is 20.1 Å². The minimum atomic E-state index is -4.53. The number of carbonyl (C=O) groups is 2. The van der Waals surface area contributed by atoms with Gasteiger partial charge in [-0.05, 0) is 18.1 Å². The van der Waals surface area contributed by atoms with Gasteiger partial charge in [0.05, 0.1) is 14.2 Å². The van der Waals surface area contributed by atoms with Gasteiger partial charge in [0.1, 0.15) is 24.1 Å². The van der Waals surface area contributed by atoms with E-state index in [0.29, 0.717) is 11.5 Å². The van der Waals surface area contributed by atoms with Crippen LogP contribution in [0.2, 0.25) is 0 Å². The van der Waals surface area contributed by atoms with E-state index in [4.69, 9.17) is 9.47 Å². The fraction of sp³-hybridized carbons (Fsp3) is 0.500. The highest BCUT2D eigenvalue weighted by Gasteiger charge is 2.31. The summed E-state index contributed by atoms with van der Waals surface area (Å²) in [5.74, 6) is -1.21.